The predicted octanol–water partition coefficient (Wildman–Crippen LogP) is 1.93. The first kappa shape index (κ1) is 12.8. The summed E-state index contributed by atoms with van der Waals surface area (Å²) in [7, 11) is 0. The van der Waals surface area contributed by atoms with E-state index in [-0.39, 0.29) is 5.95 Å². The molecule has 0 aliphatic heterocycles. The van der Waals surface area contributed by atoms with E-state index in [1.54, 1.807) is 18.3 Å². The number of hydrogen-bond acceptors (Lipinski definition) is 8. The monoisotopic (exact) mass is 290 g/mol. The Morgan fingerprint density at radius 3 is 2.90 bits per heavy atom. The fourth-order valence-electron chi connectivity index (χ4n) is 1.93. The standard InChI is InChI=1S/C12H14N6OS/c1-6-5-8-10(16-12(13)17-11(8)20-6)14-4-3-9-15-7(2)19-18-9/h5H,3-4H2,1-2H3,(H3,13,14,16,17). The van der Waals surface area contributed by atoms with Gasteiger partial charge >= 0.3 is 0 Å². The number of nitrogens with zero attached hydrogens (tertiary/aromatic N) is 4. The van der Waals surface area contributed by atoms with E-state index in [0.717, 1.165) is 16.0 Å². The molecule has 0 bridgehead atoms. The van der Waals surface area contributed by atoms with Crippen LogP contribution >= 0.6 is 11.3 Å². The molecule has 8 heteroatoms. The average Bonchev–Trinajstić information content (AvgIpc) is 2.94. The molecule has 3 aromatic heterocycles. The highest BCUT2D eigenvalue weighted by molar-refractivity contribution is 7.18. The summed E-state index contributed by atoms with van der Waals surface area (Å²) >= 11 is 1.60. The minimum Gasteiger partial charge on any atom is -0.369 e. The molecule has 0 aliphatic carbocycles. The van der Waals surface area contributed by atoms with Gasteiger partial charge in [-0.2, -0.15) is 9.97 Å². The second-order valence-electron chi connectivity index (χ2n) is 4.41. The molecule has 20 heavy (non-hydrogen) atoms. The molecular formula is C12H14N6OS. The quantitative estimate of drug-likeness (QED) is 0.756. The molecule has 0 radical (unpaired) electrons. The van der Waals surface area contributed by atoms with Gasteiger partial charge in [0.05, 0.1) is 5.39 Å². The lowest BCUT2D eigenvalue weighted by Crippen LogP contribution is -2.09. The molecule has 3 aromatic rings. The van der Waals surface area contributed by atoms with Gasteiger partial charge in [-0.15, -0.1) is 11.3 Å². The topological polar surface area (TPSA) is 103 Å². The molecule has 3 rings (SSSR count). The summed E-state index contributed by atoms with van der Waals surface area (Å²) in [5.74, 6) is 2.27. The fourth-order valence-corrected chi connectivity index (χ4v) is 2.82. The Kier molecular flexibility index (Phi) is 3.23. The lowest BCUT2D eigenvalue weighted by atomic mass is 10.3. The van der Waals surface area contributed by atoms with E-state index in [2.05, 4.69) is 31.5 Å². The van der Waals surface area contributed by atoms with Crippen molar-refractivity contribution >= 4 is 33.3 Å². The first-order valence-electron chi connectivity index (χ1n) is 6.18. The second-order valence-corrected chi connectivity index (χ2v) is 5.65. The van der Waals surface area contributed by atoms with Crippen LogP contribution < -0.4 is 11.1 Å². The molecule has 0 aromatic carbocycles. The van der Waals surface area contributed by atoms with Crippen molar-refractivity contribution in [1.82, 2.24) is 20.1 Å². The number of rotatable bonds is 4. The SMILES string of the molecule is Cc1nc(CCNc2nc(N)nc3sc(C)cc23)no1. The molecule has 0 aliphatic rings. The number of aromatic nitrogens is 4. The van der Waals surface area contributed by atoms with E-state index in [0.29, 0.717) is 24.7 Å². The van der Waals surface area contributed by atoms with Crippen LogP contribution in [0.15, 0.2) is 10.6 Å². The third-order valence-electron chi connectivity index (χ3n) is 2.74. The molecule has 3 heterocycles. The highest BCUT2D eigenvalue weighted by Gasteiger charge is 2.09. The van der Waals surface area contributed by atoms with Crippen molar-refractivity contribution in [3.05, 3.63) is 22.7 Å². The Bertz CT molecular complexity index is 750. The second kappa shape index (κ2) is 5.04. The van der Waals surface area contributed by atoms with E-state index >= 15 is 0 Å². The Balaban J connectivity index is 1.76. The van der Waals surface area contributed by atoms with Crippen LogP contribution in [0.25, 0.3) is 10.2 Å². The van der Waals surface area contributed by atoms with Crippen LogP contribution in [0, 0.1) is 13.8 Å². The van der Waals surface area contributed by atoms with Gasteiger partial charge in [0.15, 0.2) is 5.82 Å². The van der Waals surface area contributed by atoms with E-state index < -0.39 is 0 Å². The van der Waals surface area contributed by atoms with Crippen molar-refractivity contribution in [1.29, 1.82) is 0 Å². The van der Waals surface area contributed by atoms with Crippen molar-refractivity contribution in [2.75, 3.05) is 17.6 Å². The Hall–Kier alpha value is -2.22. The zero-order valence-corrected chi connectivity index (χ0v) is 12.0. The minimum atomic E-state index is 0.275. The summed E-state index contributed by atoms with van der Waals surface area (Å²) in [6.07, 6.45) is 0.659. The summed E-state index contributed by atoms with van der Waals surface area (Å²) in [4.78, 5) is 14.7. The van der Waals surface area contributed by atoms with Crippen LogP contribution in [0.4, 0.5) is 11.8 Å². The number of nitrogens with two attached hydrogens (primary N) is 1. The number of hydrogen-bond donors (Lipinski definition) is 2. The lowest BCUT2D eigenvalue weighted by molar-refractivity contribution is 0.387. The minimum absolute atomic E-state index is 0.275. The van der Waals surface area contributed by atoms with Crippen LogP contribution in [-0.2, 0) is 6.42 Å². The zero-order chi connectivity index (χ0) is 14.1. The number of nitrogens with one attached hydrogen (secondary N) is 1. The predicted molar refractivity (Wildman–Crippen MR) is 77.8 cm³/mol. The van der Waals surface area contributed by atoms with Gasteiger partial charge in [0.2, 0.25) is 11.8 Å². The van der Waals surface area contributed by atoms with Crippen molar-refractivity contribution in [3.63, 3.8) is 0 Å². The summed E-state index contributed by atoms with van der Waals surface area (Å²) in [5, 5.41) is 8.09. The summed E-state index contributed by atoms with van der Waals surface area (Å²) in [5.41, 5.74) is 5.72. The van der Waals surface area contributed by atoms with Crippen LogP contribution in [0.3, 0.4) is 0 Å². The summed E-state index contributed by atoms with van der Waals surface area (Å²) < 4.78 is 4.93. The third-order valence-corrected chi connectivity index (χ3v) is 3.69. The maximum absolute atomic E-state index is 5.72. The smallest absolute Gasteiger partial charge is 0.223 e. The average molecular weight is 290 g/mol. The van der Waals surface area contributed by atoms with Gasteiger partial charge in [0, 0.05) is 24.8 Å². The molecule has 0 unspecified atom stereocenters. The Labute approximate surface area is 119 Å². The Morgan fingerprint density at radius 2 is 2.15 bits per heavy atom. The van der Waals surface area contributed by atoms with E-state index in [9.17, 15) is 0 Å². The lowest BCUT2D eigenvalue weighted by Gasteiger charge is -2.05. The molecule has 7 nitrogen and oxygen atoms in total. The third kappa shape index (κ3) is 2.55. The molecular weight excluding hydrogens is 276 g/mol. The normalized spacial score (nSPS) is 11.1. The number of fused-ring (bicyclic) bond motifs is 1. The highest BCUT2D eigenvalue weighted by Crippen LogP contribution is 2.28. The fraction of sp³-hybridized carbons (Fsp3) is 0.333. The van der Waals surface area contributed by atoms with Crippen LogP contribution in [0.2, 0.25) is 0 Å². The number of thiophene rings is 1. The maximum atomic E-state index is 5.72. The maximum Gasteiger partial charge on any atom is 0.223 e. The molecule has 0 saturated heterocycles. The van der Waals surface area contributed by atoms with Gasteiger partial charge in [-0.05, 0) is 13.0 Å². The van der Waals surface area contributed by atoms with Gasteiger partial charge in [0.25, 0.3) is 0 Å². The van der Waals surface area contributed by atoms with Gasteiger partial charge in [-0.1, -0.05) is 5.16 Å². The summed E-state index contributed by atoms with van der Waals surface area (Å²) in [6, 6.07) is 2.06. The van der Waals surface area contributed by atoms with Crippen molar-refractivity contribution in [2.45, 2.75) is 20.3 Å². The van der Waals surface area contributed by atoms with E-state index in [1.807, 2.05) is 6.92 Å². The van der Waals surface area contributed by atoms with Gasteiger partial charge in [-0.25, -0.2) is 4.98 Å². The van der Waals surface area contributed by atoms with Gasteiger partial charge in [0.1, 0.15) is 10.6 Å². The number of anilines is 2. The molecule has 104 valence electrons. The van der Waals surface area contributed by atoms with Gasteiger partial charge < -0.3 is 15.6 Å². The van der Waals surface area contributed by atoms with Crippen molar-refractivity contribution in [3.8, 4) is 0 Å². The van der Waals surface area contributed by atoms with Crippen molar-refractivity contribution < 1.29 is 4.52 Å². The molecule has 0 amide bonds. The molecule has 0 saturated carbocycles. The molecule has 0 spiro atoms. The number of nitrogen functional groups attached to an aromatic ring is 1. The largest absolute Gasteiger partial charge is 0.369 e. The van der Waals surface area contributed by atoms with E-state index in [1.165, 1.54) is 4.88 Å². The van der Waals surface area contributed by atoms with Crippen LogP contribution in [-0.4, -0.2) is 26.7 Å². The summed E-state index contributed by atoms with van der Waals surface area (Å²) in [6.45, 7) is 4.46. The zero-order valence-electron chi connectivity index (χ0n) is 11.2. The number of aryl methyl sites for hydroxylation is 2. The van der Waals surface area contributed by atoms with Crippen molar-refractivity contribution in [2.24, 2.45) is 0 Å². The van der Waals surface area contributed by atoms with Gasteiger partial charge in [-0.3, -0.25) is 0 Å². The molecule has 0 fully saturated rings. The first-order valence-corrected chi connectivity index (χ1v) is 7.00. The molecule has 0 atom stereocenters. The first-order chi connectivity index (χ1) is 9.61. The van der Waals surface area contributed by atoms with E-state index in [4.69, 9.17) is 10.3 Å². The highest BCUT2D eigenvalue weighted by atomic mass is 32.1. The Morgan fingerprint density at radius 1 is 1.30 bits per heavy atom. The molecule has 3 N–H and O–H groups in total. The van der Waals surface area contributed by atoms with Crippen LogP contribution in [0.5, 0.6) is 0 Å². The van der Waals surface area contributed by atoms with Crippen LogP contribution in [0.1, 0.15) is 16.6 Å².